The highest BCUT2D eigenvalue weighted by molar-refractivity contribution is 7.86. The molecule has 10 nitrogen and oxygen atoms in total. The van der Waals surface area contributed by atoms with Crippen LogP contribution in [0.25, 0.3) is 0 Å². The van der Waals surface area contributed by atoms with Gasteiger partial charge in [0.25, 0.3) is 16.1 Å². The van der Waals surface area contributed by atoms with Crippen LogP contribution in [0.15, 0.2) is 18.2 Å². The predicted molar refractivity (Wildman–Crippen MR) is 120 cm³/mol. The van der Waals surface area contributed by atoms with Gasteiger partial charge in [-0.3, -0.25) is 4.79 Å². The van der Waals surface area contributed by atoms with E-state index in [9.17, 15) is 18.0 Å². The number of hydrogen-bond donors (Lipinski definition) is 1. The average molecular weight is 466 g/mol. The maximum absolute atomic E-state index is 13.0. The number of carbonyl (C=O) groups is 2. The number of urea groups is 1. The second-order valence-electron chi connectivity index (χ2n) is 8.33. The fourth-order valence-electron chi connectivity index (χ4n) is 4.35. The maximum Gasteiger partial charge on any atom is 0.321 e. The van der Waals surface area contributed by atoms with Crippen molar-refractivity contribution in [2.45, 2.75) is 19.8 Å². The van der Waals surface area contributed by atoms with Crippen LogP contribution in [0.5, 0.6) is 0 Å². The predicted octanol–water partition coefficient (Wildman–Crippen LogP) is 0.958. The molecule has 0 saturated carbocycles. The molecule has 3 aliphatic rings. The van der Waals surface area contributed by atoms with Crippen molar-refractivity contribution in [2.24, 2.45) is 0 Å². The number of aryl methyl sites for hydroxylation is 1. The molecule has 176 valence electrons. The molecule has 0 bridgehead atoms. The summed E-state index contributed by atoms with van der Waals surface area (Å²) in [5, 5.41) is 2.91. The van der Waals surface area contributed by atoms with Crippen LogP contribution >= 0.6 is 0 Å². The molecule has 11 heteroatoms. The van der Waals surface area contributed by atoms with Crippen molar-refractivity contribution >= 4 is 27.8 Å². The van der Waals surface area contributed by atoms with Crippen LogP contribution in [-0.4, -0.2) is 104 Å². The van der Waals surface area contributed by atoms with Crippen LogP contribution in [0.3, 0.4) is 0 Å². The molecule has 1 aromatic rings. The monoisotopic (exact) mass is 465 g/mol. The first-order valence-corrected chi connectivity index (χ1v) is 12.6. The third-order valence-electron chi connectivity index (χ3n) is 6.28. The van der Waals surface area contributed by atoms with E-state index in [0.29, 0.717) is 37.6 Å². The molecule has 4 rings (SSSR count). The summed E-state index contributed by atoms with van der Waals surface area (Å²) < 4.78 is 33.8. The van der Waals surface area contributed by atoms with Crippen LogP contribution in [-0.2, 0) is 14.9 Å². The van der Waals surface area contributed by atoms with E-state index in [1.54, 1.807) is 11.0 Å². The number of nitrogens with one attached hydrogen (secondary N) is 1. The molecule has 3 fully saturated rings. The van der Waals surface area contributed by atoms with Gasteiger partial charge in [0.1, 0.15) is 0 Å². The van der Waals surface area contributed by atoms with Crippen LogP contribution in [0.4, 0.5) is 10.5 Å². The van der Waals surface area contributed by atoms with Crippen molar-refractivity contribution in [3.63, 3.8) is 0 Å². The molecule has 1 N–H and O–H groups in total. The standard InChI is InChI=1S/C21H31N5O5S/c1-17-5-4-6-18(20(27)23-7-2-3-8-23)19(17)22-21(28)24-9-11-25(12-10-24)32(29,30)26-13-15-31-16-14-26/h4-6H,2-3,7-16H2,1H3,(H,22,28). The number of hydrogen-bond acceptors (Lipinski definition) is 5. The molecule has 0 spiro atoms. The van der Waals surface area contributed by atoms with Crippen molar-refractivity contribution in [3.05, 3.63) is 29.3 Å². The number of morpholine rings is 1. The highest BCUT2D eigenvalue weighted by Gasteiger charge is 2.34. The van der Waals surface area contributed by atoms with E-state index in [2.05, 4.69) is 5.32 Å². The fourth-order valence-corrected chi connectivity index (χ4v) is 5.91. The van der Waals surface area contributed by atoms with E-state index in [0.717, 1.165) is 31.5 Å². The lowest BCUT2D eigenvalue weighted by Gasteiger charge is -2.37. The summed E-state index contributed by atoms with van der Waals surface area (Å²) in [5.41, 5.74) is 1.84. The first-order chi connectivity index (χ1) is 15.4. The van der Waals surface area contributed by atoms with Crippen LogP contribution in [0.1, 0.15) is 28.8 Å². The molecule has 0 unspecified atom stereocenters. The first-order valence-electron chi connectivity index (χ1n) is 11.2. The van der Waals surface area contributed by atoms with Gasteiger partial charge < -0.3 is 19.9 Å². The summed E-state index contributed by atoms with van der Waals surface area (Å²) in [4.78, 5) is 29.3. The van der Waals surface area contributed by atoms with Gasteiger partial charge in [-0.15, -0.1) is 0 Å². The number of benzene rings is 1. The molecule has 0 radical (unpaired) electrons. The zero-order valence-corrected chi connectivity index (χ0v) is 19.3. The number of rotatable bonds is 4. The second-order valence-corrected chi connectivity index (χ2v) is 10.3. The van der Waals surface area contributed by atoms with Crippen LogP contribution in [0, 0.1) is 6.92 Å². The van der Waals surface area contributed by atoms with Gasteiger partial charge in [-0.1, -0.05) is 12.1 Å². The Morgan fingerprint density at radius 1 is 0.875 bits per heavy atom. The number of nitrogens with zero attached hydrogens (tertiary/aromatic N) is 4. The van der Waals surface area contributed by atoms with E-state index < -0.39 is 10.2 Å². The van der Waals surface area contributed by atoms with Crippen molar-refractivity contribution in [2.75, 3.05) is 70.9 Å². The molecule has 1 aromatic carbocycles. The van der Waals surface area contributed by atoms with Gasteiger partial charge >= 0.3 is 6.03 Å². The molecular formula is C21H31N5O5S. The molecule has 0 atom stereocenters. The van der Waals surface area contributed by atoms with Crippen molar-refractivity contribution in [1.82, 2.24) is 18.4 Å². The number of para-hydroxylation sites is 1. The topological polar surface area (TPSA) is 102 Å². The molecular weight excluding hydrogens is 434 g/mol. The van der Waals surface area contributed by atoms with Crippen molar-refractivity contribution < 1.29 is 22.7 Å². The Balaban J connectivity index is 1.40. The average Bonchev–Trinajstić information content (AvgIpc) is 3.35. The second kappa shape index (κ2) is 9.74. The van der Waals surface area contributed by atoms with Gasteiger partial charge in [-0.05, 0) is 31.4 Å². The Kier molecular flexibility index (Phi) is 6.99. The Morgan fingerprint density at radius 3 is 2.16 bits per heavy atom. The Morgan fingerprint density at radius 2 is 1.50 bits per heavy atom. The number of amides is 3. The smallest absolute Gasteiger partial charge is 0.321 e. The number of anilines is 1. The van der Waals surface area contributed by atoms with Gasteiger partial charge in [0.2, 0.25) is 0 Å². The Bertz CT molecular complexity index is 949. The molecule has 32 heavy (non-hydrogen) atoms. The number of ether oxygens (including phenoxy) is 1. The maximum atomic E-state index is 13.0. The minimum atomic E-state index is -3.55. The zero-order valence-electron chi connectivity index (χ0n) is 18.5. The largest absolute Gasteiger partial charge is 0.379 e. The third-order valence-corrected chi connectivity index (χ3v) is 8.31. The summed E-state index contributed by atoms with van der Waals surface area (Å²) in [6, 6.07) is 5.11. The number of piperazine rings is 1. The highest BCUT2D eigenvalue weighted by atomic mass is 32.2. The summed E-state index contributed by atoms with van der Waals surface area (Å²) in [6.07, 6.45) is 1.99. The van der Waals surface area contributed by atoms with Crippen LogP contribution < -0.4 is 5.32 Å². The number of carbonyl (C=O) groups excluding carboxylic acids is 2. The lowest BCUT2D eigenvalue weighted by molar-refractivity contribution is 0.0691. The molecule has 0 aliphatic carbocycles. The van der Waals surface area contributed by atoms with Gasteiger partial charge in [0.05, 0.1) is 24.5 Å². The molecule has 3 heterocycles. The lowest BCUT2D eigenvalue weighted by atomic mass is 10.1. The summed E-state index contributed by atoms with van der Waals surface area (Å²) in [6.45, 7) is 5.89. The van der Waals surface area contributed by atoms with Gasteiger partial charge in [0, 0.05) is 52.4 Å². The quantitative estimate of drug-likeness (QED) is 0.714. The van der Waals surface area contributed by atoms with Gasteiger partial charge in [-0.25, -0.2) is 4.79 Å². The summed E-state index contributed by atoms with van der Waals surface area (Å²) >= 11 is 0. The van der Waals surface area contributed by atoms with E-state index >= 15 is 0 Å². The Hall–Kier alpha value is -2.21. The van der Waals surface area contributed by atoms with E-state index in [4.69, 9.17) is 4.74 Å². The third kappa shape index (κ3) is 4.75. The van der Waals surface area contributed by atoms with Crippen molar-refractivity contribution in [3.8, 4) is 0 Å². The number of likely N-dealkylation sites (tertiary alicyclic amines) is 1. The minimum Gasteiger partial charge on any atom is -0.379 e. The zero-order chi connectivity index (χ0) is 22.7. The molecule has 3 saturated heterocycles. The van der Waals surface area contributed by atoms with E-state index in [1.807, 2.05) is 24.0 Å². The fraction of sp³-hybridized carbons (Fsp3) is 0.619. The molecule has 3 amide bonds. The van der Waals surface area contributed by atoms with Crippen molar-refractivity contribution in [1.29, 1.82) is 0 Å². The van der Waals surface area contributed by atoms with Gasteiger partial charge in [-0.2, -0.15) is 17.0 Å². The minimum absolute atomic E-state index is 0.0667. The van der Waals surface area contributed by atoms with Gasteiger partial charge in [0.15, 0.2) is 0 Å². The summed E-state index contributed by atoms with van der Waals surface area (Å²) in [5.74, 6) is -0.0667. The van der Waals surface area contributed by atoms with Crippen LogP contribution in [0.2, 0.25) is 0 Å². The molecule has 0 aromatic heterocycles. The SMILES string of the molecule is Cc1cccc(C(=O)N2CCCC2)c1NC(=O)N1CCN(S(=O)(=O)N2CCOCC2)CC1. The lowest BCUT2D eigenvalue weighted by Crippen LogP contribution is -2.56. The Labute approximate surface area is 189 Å². The highest BCUT2D eigenvalue weighted by Crippen LogP contribution is 2.25. The van der Waals surface area contributed by atoms with E-state index in [-0.39, 0.29) is 38.1 Å². The molecule has 3 aliphatic heterocycles. The normalized spacial score (nSPS) is 21.0. The van der Waals surface area contributed by atoms with E-state index in [1.165, 1.54) is 8.61 Å². The summed E-state index contributed by atoms with van der Waals surface area (Å²) in [7, 11) is -3.55. The first kappa shape index (κ1) is 23.0.